The lowest BCUT2D eigenvalue weighted by Crippen LogP contribution is -2.52. The van der Waals surface area contributed by atoms with E-state index in [0.717, 1.165) is 45.3 Å². The Morgan fingerprint density at radius 2 is 1.85 bits per heavy atom. The molecular formula is C15H26N2O3. The van der Waals surface area contributed by atoms with E-state index in [9.17, 15) is 14.7 Å². The van der Waals surface area contributed by atoms with Crippen LogP contribution >= 0.6 is 0 Å². The maximum absolute atomic E-state index is 12.3. The van der Waals surface area contributed by atoms with Crippen LogP contribution in [0.5, 0.6) is 0 Å². The summed E-state index contributed by atoms with van der Waals surface area (Å²) in [6, 6.07) is -0.484. The molecule has 0 aliphatic carbocycles. The third kappa shape index (κ3) is 3.72. The molecule has 2 fully saturated rings. The number of aliphatic carboxylic acids is 1. The van der Waals surface area contributed by atoms with E-state index < -0.39 is 12.0 Å². The second-order valence-electron chi connectivity index (χ2n) is 6.06. The van der Waals surface area contributed by atoms with Gasteiger partial charge in [0.1, 0.15) is 6.04 Å². The Morgan fingerprint density at radius 1 is 1.15 bits per heavy atom. The van der Waals surface area contributed by atoms with Gasteiger partial charge in [0.25, 0.3) is 0 Å². The fraction of sp³-hybridized carbons (Fsp3) is 0.867. The van der Waals surface area contributed by atoms with Gasteiger partial charge in [-0.05, 0) is 44.6 Å². The Bertz CT molecular complexity index is 353. The van der Waals surface area contributed by atoms with Gasteiger partial charge in [0.05, 0.1) is 6.54 Å². The highest BCUT2D eigenvalue weighted by Crippen LogP contribution is 2.25. The quantitative estimate of drug-likeness (QED) is 0.850. The molecule has 0 bridgehead atoms. The summed E-state index contributed by atoms with van der Waals surface area (Å²) < 4.78 is 0. The minimum Gasteiger partial charge on any atom is -0.480 e. The molecule has 2 heterocycles. The largest absolute Gasteiger partial charge is 0.480 e. The van der Waals surface area contributed by atoms with Crippen molar-refractivity contribution in [3.05, 3.63) is 0 Å². The number of amides is 1. The zero-order chi connectivity index (χ0) is 14.5. The number of hydrogen-bond donors (Lipinski definition) is 1. The highest BCUT2D eigenvalue weighted by atomic mass is 16.4. The topological polar surface area (TPSA) is 60.9 Å². The molecule has 5 heteroatoms. The van der Waals surface area contributed by atoms with Gasteiger partial charge in [-0.3, -0.25) is 14.5 Å². The summed E-state index contributed by atoms with van der Waals surface area (Å²) in [6.07, 6.45) is 6.06. The van der Waals surface area contributed by atoms with Crippen LogP contribution in [0.15, 0.2) is 0 Å². The minimum absolute atomic E-state index is 0.103. The summed E-state index contributed by atoms with van der Waals surface area (Å²) in [7, 11) is 0. The number of carbonyl (C=O) groups excluding carboxylic acids is 1. The Balaban J connectivity index is 1.92. The lowest BCUT2D eigenvalue weighted by atomic mass is 9.89. The summed E-state index contributed by atoms with van der Waals surface area (Å²) in [5.74, 6) is -0.196. The van der Waals surface area contributed by atoms with Crippen LogP contribution < -0.4 is 0 Å². The maximum atomic E-state index is 12.3. The number of carboxylic acid groups (broad SMARTS) is 1. The molecule has 1 amide bonds. The fourth-order valence-corrected chi connectivity index (χ4v) is 3.32. The van der Waals surface area contributed by atoms with Gasteiger partial charge in [0.2, 0.25) is 5.91 Å². The Kier molecular flexibility index (Phi) is 5.40. The lowest BCUT2D eigenvalue weighted by molar-refractivity contribution is -0.147. The van der Waals surface area contributed by atoms with Gasteiger partial charge in [0, 0.05) is 13.1 Å². The molecule has 0 saturated carbocycles. The molecule has 0 aromatic carbocycles. The van der Waals surface area contributed by atoms with Crippen LogP contribution in [0.4, 0.5) is 0 Å². The first kappa shape index (κ1) is 15.3. The lowest BCUT2D eigenvalue weighted by Gasteiger charge is -2.38. The predicted octanol–water partition coefficient (Wildman–Crippen LogP) is 1.57. The van der Waals surface area contributed by atoms with Crippen molar-refractivity contribution in [2.24, 2.45) is 5.92 Å². The van der Waals surface area contributed by atoms with Gasteiger partial charge < -0.3 is 10.0 Å². The smallest absolute Gasteiger partial charge is 0.320 e. The number of carbonyl (C=O) groups is 2. The Hall–Kier alpha value is -1.10. The summed E-state index contributed by atoms with van der Waals surface area (Å²) >= 11 is 0. The molecule has 2 aliphatic rings. The Morgan fingerprint density at radius 3 is 2.45 bits per heavy atom. The van der Waals surface area contributed by atoms with E-state index in [1.165, 1.54) is 6.42 Å². The van der Waals surface area contributed by atoms with Crippen LogP contribution in [0, 0.1) is 5.92 Å². The maximum Gasteiger partial charge on any atom is 0.320 e. The van der Waals surface area contributed by atoms with Gasteiger partial charge in [-0.15, -0.1) is 0 Å². The van der Waals surface area contributed by atoms with Gasteiger partial charge in [-0.2, -0.15) is 0 Å². The van der Waals surface area contributed by atoms with Gasteiger partial charge >= 0.3 is 5.97 Å². The van der Waals surface area contributed by atoms with E-state index in [4.69, 9.17) is 0 Å². The van der Waals surface area contributed by atoms with Gasteiger partial charge in [0.15, 0.2) is 0 Å². The second kappa shape index (κ2) is 7.07. The average molecular weight is 282 g/mol. The molecular weight excluding hydrogens is 256 g/mol. The van der Waals surface area contributed by atoms with Crippen LogP contribution in [-0.4, -0.2) is 59.0 Å². The molecule has 2 rings (SSSR count). The molecule has 2 atom stereocenters. The number of carboxylic acids is 1. The van der Waals surface area contributed by atoms with Crippen molar-refractivity contribution < 1.29 is 14.7 Å². The summed E-state index contributed by atoms with van der Waals surface area (Å²) in [5, 5.41) is 9.38. The van der Waals surface area contributed by atoms with Crippen molar-refractivity contribution in [3.63, 3.8) is 0 Å². The van der Waals surface area contributed by atoms with Gasteiger partial charge in [-0.1, -0.05) is 13.3 Å². The fourth-order valence-electron chi connectivity index (χ4n) is 3.32. The van der Waals surface area contributed by atoms with Crippen LogP contribution in [0.2, 0.25) is 0 Å². The SMILES string of the molecule is CCC1CCN(CC(=O)N2CCCCC2)C(C(=O)O)C1. The number of likely N-dealkylation sites (tertiary alicyclic amines) is 2. The zero-order valence-corrected chi connectivity index (χ0v) is 12.4. The number of piperidine rings is 2. The van der Waals surface area contributed by atoms with E-state index in [1.54, 1.807) is 0 Å². The first-order chi connectivity index (χ1) is 9.61. The van der Waals surface area contributed by atoms with Crippen molar-refractivity contribution in [2.75, 3.05) is 26.2 Å². The molecule has 0 aromatic rings. The van der Waals surface area contributed by atoms with Crippen molar-refractivity contribution in [1.82, 2.24) is 9.80 Å². The number of hydrogen-bond acceptors (Lipinski definition) is 3. The van der Waals surface area contributed by atoms with E-state index >= 15 is 0 Å². The van der Waals surface area contributed by atoms with Crippen LogP contribution in [0.1, 0.15) is 45.4 Å². The van der Waals surface area contributed by atoms with E-state index in [0.29, 0.717) is 12.3 Å². The third-order valence-electron chi connectivity index (χ3n) is 4.73. The molecule has 5 nitrogen and oxygen atoms in total. The average Bonchev–Trinajstić information content (AvgIpc) is 2.48. The zero-order valence-electron chi connectivity index (χ0n) is 12.4. The molecule has 2 unspecified atom stereocenters. The third-order valence-corrected chi connectivity index (χ3v) is 4.73. The second-order valence-corrected chi connectivity index (χ2v) is 6.06. The normalized spacial score (nSPS) is 28.4. The minimum atomic E-state index is -0.783. The van der Waals surface area contributed by atoms with Gasteiger partial charge in [-0.25, -0.2) is 0 Å². The first-order valence-corrected chi connectivity index (χ1v) is 7.86. The predicted molar refractivity (Wildman–Crippen MR) is 76.4 cm³/mol. The van der Waals surface area contributed by atoms with Crippen molar-refractivity contribution in [2.45, 2.75) is 51.5 Å². The molecule has 114 valence electrons. The molecule has 2 aliphatic heterocycles. The van der Waals surface area contributed by atoms with Crippen molar-refractivity contribution in [1.29, 1.82) is 0 Å². The molecule has 20 heavy (non-hydrogen) atoms. The van der Waals surface area contributed by atoms with Crippen molar-refractivity contribution in [3.8, 4) is 0 Å². The molecule has 1 N–H and O–H groups in total. The summed E-state index contributed by atoms with van der Waals surface area (Å²) in [6.45, 7) is 4.78. The van der Waals surface area contributed by atoms with Crippen LogP contribution in [0.3, 0.4) is 0 Å². The molecule has 0 spiro atoms. The number of rotatable bonds is 4. The molecule has 0 aromatic heterocycles. The van der Waals surface area contributed by atoms with E-state index in [1.807, 2.05) is 9.80 Å². The molecule has 0 radical (unpaired) electrons. The molecule has 2 saturated heterocycles. The Labute approximate surface area is 120 Å². The van der Waals surface area contributed by atoms with E-state index in [2.05, 4.69) is 6.92 Å². The highest BCUT2D eigenvalue weighted by Gasteiger charge is 2.34. The standard InChI is InChI=1S/C15H26N2O3/c1-2-12-6-9-17(13(10-12)15(19)20)11-14(18)16-7-4-3-5-8-16/h12-13H,2-11H2,1H3,(H,19,20). The van der Waals surface area contributed by atoms with Crippen LogP contribution in [0.25, 0.3) is 0 Å². The van der Waals surface area contributed by atoms with Crippen LogP contribution in [-0.2, 0) is 9.59 Å². The first-order valence-electron chi connectivity index (χ1n) is 7.86. The summed E-state index contributed by atoms with van der Waals surface area (Å²) in [5.41, 5.74) is 0. The van der Waals surface area contributed by atoms with Crippen molar-refractivity contribution >= 4 is 11.9 Å². The van der Waals surface area contributed by atoms with E-state index in [-0.39, 0.29) is 12.5 Å². The summed E-state index contributed by atoms with van der Waals surface area (Å²) in [4.78, 5) is 27.5. The number of nitrogens with zero attached hydrogens (tertiary/aromatic N) is 2. The highest BCUT2D eigenvalue weighted by molar-refractivity contribution is 5.80. The monoisotopic (exact) mass is 282 g/mol.